The molecule has 40 heavy (non-hydrogen) atoms. The van der Waals surface area contributed by atoms with Crippen molar-refractivity contribution < 1.29 is 32.7 Å². The van der Waals surface area contributed by atoms with E-state index < -0.39 is 56.7 Å². The molecule has 0 saturated heterocycles. The lowest BCUT2D eigenvalue weighted by Gasteiger charge is -2.16. The molecule has 0 radical (unpaired) electrons. The summed E-state index contributed by atoms with van der Waals surface area (Å²) in [5.41, 5.74) is -1.73. The molecule has 0 bridgehead atoms. The van der Waals surface area contributed by atoms with Crippen molar-refractivity contribution in [3.8, 4) is 0 Å². The van der Waals surface area contributed by atoms with Crippen LogP contribution in [0.15, 0.2) is 57.2 Å². The molecule has 3 N–H and O–H groups in total. The van der Waals surface area contributed by atoms with Gasteiger partial charge in [0.25, 0.3) is 5.56 Å². The molecule has 214 valence electrons. The summed E-state index contributed by atoms with van der Waals surface area (Å²) < 4.78 is 57.7. The summed E-state index contributed by atoms with van der Waals surface area (Å²) in [6, 6.07) is 3.95. The maximum atomic E-state index is 15.6. The summed E-state index contributed by atoms with van der Waals surface area (Å²) in [7, 11) is -1.70. The number of aliphatic imine (C=N–C) groups is 1. The summed E-state index contributed by atoms with van der Waals surface area (Å²) in [5, 5.41) is 30.5. The van der Waals surface area contributed by atoms with Crippen molar-refractivity contribution in [2.45, 2.75) is 44.1 Å². The van der Waals surface area contributed by atoms with E-state index in [2.05, 4.69) is 15.1 Å². The van der Waals surface area contributed by atoms with Crippen molar-refractivity contribution in [3.05, 3.63) is 92.3 Å². The lowest BCUT2D eigenvalue weighted by atomic mass is 9.99. The normalized spacial score (nSPS) is 14.7. The fourth-order valence-electron chi connectivity index (χ4n) is 3.76. The van der Waals surface area contributed by atoms with Crippen molar-refractivity contribution in [2.75, 3.05) is 6.26 Å². The van der Waals surface area contributed by atoms with E-state index in [0.29, 0.717) is 0 Å². The summed E-state index contributed by atoms with van der Waals surface area (Å²) >= 11 is 6.28. The van der Waals surface area contributed by atoms with E-state index in [0.717, 1.165) is 17.0 Å². The van der Waals surface area contributed by atoms with Gasteiger partial charge in [0.05, 0.1) is 33.8 Å². The maximum absolute atomic E-state index is 15.6. The van der Waals surface area contributed by atoms with Crippen LogP contribution in [0, 0.1) is 18.7 Å². The first-order valence-electron chi connectivity index (χ1n) is 11.6. The molecule has 3 rings (SSSR count). The third kappa shape index (κ3) is 6.47. The Hall–Kier alpha value is -3.43. The lowest BCUT2D eigenvalue weighted by molar-refractivity contribution is -0.384. The number of rotatable bonds is 9. The average Bonchev–Trinajstić information content (AvgIpc) is 3.25. The number of benzene rings is 1. The predicted molar refractivity (Wildman–Crippen MR) is 143 cm³/mol. The maximum Gasteiger partial charge on any atom is 0.391 e. The second kappa shape index (κ2) is 12.4. The van der Waals surface area contributed by atoms with Gasteiger partial charge in [-0.2, -0.15) is 14.2 Å². The minimum absolute atomic E-state index is 0.0167. The summed E-state index contributed by atoms with van der Waals surface area (Å²) in [6.45, 7) is 4.56. The standard InChI is InChI=1S/C25H25ClF3N5O5S/c1-5-9-30-22(16-7-6-8-18(20(16)28)40(4)39)17(27)12-33-14(3)32-21(19(26)24(33)35)13(2)10-15-11-31-34(23(15)29)25(36,37)38/h5-9,11-13,36-38H,10H2,1-4H3/b9-5+,17-12-,30-22+. The third-order valence-corrected chi connectivity index (χ3v) is 6.96. The van der Waals surface area contributed by atoms with Gasteiger partial charge in [0.15, 0.2) is 5.83 Å². The highest BCUT2D eigenvalue weighted by molar-refractivity contribution is 7.84. The Kier molecular flexibility index (Phi) is 9.64. The van der Waals surface area contributed by atoms with Crippen molar-refractivity contribution in [1.82, 2.24) is 19.3 Å². The predicted octanol–water partition coefficient (Wildman–Crippen LogP) is 3.10. The van der Waals surface area contributed by atoms with Crippen LogP contribution in [-0.4, -0.2) is 50.8 Å². The van der Waals surface area contributed by atoms with Crippen LogP contribution < -0.4 is 5.56 Å². The van der Waals surface area contributed by atoms with Gasteiger partial charge in [-0.1, -0.05) is 30.7 Å². The third-order valence-electron chi connectivity index (χ3n) is 5.67. The molecule has 0 spiro atoms. The van der Waals surface area contributed by atoms with Gasteiger partial charge in [0, 0.05) is 29.5 Å². The van der Waals surface area contributed by atoms with Crippen molar-refractivity contribution in [2.24, 2.45) is 4.99 Å². The van der Waals surface area contributed by atoms with Gasteiger partial charge >= 0.3 is 6.10 Å². The Morgan fingerprint density at radius 3 is 2.55 bits per heavy atom. The number of hydrogen-bond acceptors (Lipinski definition) is 8. The Bertz CT molecular complexity index is 1610. The van der Waals surface area contributed by atoms with Crippen LogP contribution in [0.25, 0.3) is 6.20 Å². The minimum Gasteiger partial charge on any atom is -0.324 e. The van der Waals surface area contributed by atoms with Crippen LogP contribution >= 0.6 is 11.6 Å². The Labute approximate surface area is 233 Å². The summed E-state index contributed by atoms with van der Waals surface area (Å²) in [6.07, 6.45) is 1.97. The zero-order valence-electron chi connectivity index (χ0n) is 21.6. The molecule has 0 fully saturated rings. The summed E-state index contributed by atoms with van der Waals surface area (Å²) in [4.78, 5) is 21.2. The van der Waals surface area contributed by atoms with Crippen LogP contribution in [-0.2, 0) is 23.3 Å². The highest BCUT2D eigenvalue weighted by atomic mass is 35.5. The van der Waals surface area contributed by atoms with Gasteiger partial charge in [0.1, 0.15) is 22.4 Å². The highest BCUT2D eigenvalue weighted by Crippen LogP contribution is 2.26. The molecule has 10 nitrogen and oxygen atoms in total. The Morgan fingerprint density at radius 2 is 1.98 bits per heavy atom. The van der Waals surface area contributed by atoms with Crippen LogP contribution in [0.3, 0.4) is 0 Å². The quantitative estimate of drug-likeness (QED) is 0.253. The first-order valence-corrected chi connectivity index (χ1v) is 13.5. The smallest absolute Gasteiger partial charge is 0.324 e. The monoisotopic (exact) mass is 599 g/mol. The van der Waals surface area contributed by atoms with Gasteiger partial charge in [-0.3, -0.25) is 18.6 Å². The van der Waals surface area contributed by atoms with E-state index in [1.54, 1.807) is 13.8 Å². The molecule has 0 aliphatic carbocycles. The van der Waals surface area contributed by atoms with E-state index in [1.165, 1.54) is 43.7 Å². The highest BCUT2D eigenvalue weighted by Gasteiger charge is 2.29. The molecular formula is C25H25ClF3N5O5S. The van der Waals surface area contributed by atoms with E-state index in [-0.39, 0.29) is 38.6 Å². The van der Waals surface area contributed by atoms with Gasteiger partial charge in [-0.15, -0.1) is 0 Å². The van der Waals surface area contributed by atoms with Gasteiger partial charge < -0.3 is 15.3 Å². The summed E-state index contributed by atoms with van der Waals surface area (Å²) in [5.74, 6) is -4.01. The fraction of sp³-hybridized carbons (Fsp3) is 0.280. The molecule has 2 atom stereocenters. The van der Waals surface area contributed by atoms with E-state index in [9.17, 15) is 28.7 Å². The molecule has 3 aromatic rings. The second-order valence-corrected chi connectivity index (χ2v) is 10.3. The van der Waals surface area contributed by atoms with Gasteiger partial charge in [-0.05, 0) is 32.4 Å². The van der Waals surface area contributed by atoms with E-state index in [1.807, 2.05) is 0 Å². The molecule has 0 aliphatic heterocycles. The number of aryl methyl sites for hydroxylation is 1. The van der Waals surface area contributed by atoms with E-state index in [4.69, 9.17) is 11.6 Å². The van der Waals surface area contributed by atoms with Gasteiger partial charge in [-0.25, -0.2) is 13.8 Å². The second-order valence-electron chi connectivity index (χ2n) is 8.62. The first kappa shape index (κ1) is 31.1. The van der Waals surface area contributed by atoms with Crippen LogP contribution in [0.1, 0.15) is 42.4 Å². The van der Waals surface area contributed by atoms with Crippen molar-refractivity contribution >= 4 is 34.3 Å². The fourth-order valence-corrected chi connectivity index (χ4v) is 4.71. The molecule has 15 heteroatoms. The Balaban J connectivity index is 2.04. The number of allylic oxidation sites excluding steroid dienone is 2. The zero-order valence-corrected chi connectivity index (χ0v) is 23.2. The number of aromatic nitrogens is 4. The number of aliphatic hydroxyl groups is 3. The van der Waals surface area contributed by atoms with Crippen molar-refractivity contribution in [3.63, 3.8) is 0 Å². The van der Waals surface area contributed by atoms with Crippen LogP contribution in [0.5, 0.6) is 0 Å². The average molecular weight is 600 g/mol. The molecule has 2 aromatic heterocycles. The molecule has 2 heterocycles. The molecular weight excluding hydrogens is 575 g/mol. The van der Waals surface area contributed by atoms with Crippen LogP contribution in [0.4, 0.5) is 13.2 Å². The van der Waals surface area contributed by atoms with Crippen LogP contribution in [0.2, 0.25) is 5.02 Å². The number of halogens is 4. The van der Waals surface area contributed by atoms with Crippen molar-refractivity contribution in [1.29, 1.82) is 0 Å². The minimum atomic E-state index is -3.55. The first-order chi connectivity index (χ1) is 18.7. The molecule has 0 aliphatic rings. The molecule has 1 aromatic carbocycles. The van der Waals surface area contributed by atoms with E-state index >= 15 is 8.78 Å². The number of hydrogen-bond donors (Lipinski definition) is 3. The molecule has 0 amide bonds. The van der Waals surface area contributed by atoms with Gasteiger partial charge in [0.2, 0.25) is 5.95 Å². The topological polar surface area (TPSA) is 143 Å². The largest absolute Gasteiger partial charge is 0.391 e. The SMILES string of the molecule is C/C=C/N=C(/C(F)=C/n1c(C)nc(C(C)Cc2cnn(C(O)(O)O)c2F)c(Cl)c1=O)c1cccc(S(C)=O)c1F. The molecule has 0 saturated carbocycles. The molecule has 2 unspecified atom stereocenters. The lowest BCUT2D eigenvalue weighted by Crippen LogP contribution is -2.34. The number of nitrogens with zero attached hydrogens (tertiary/aromatic N) is 5. The Morgan fingerprint density at radius 1 is 1.30 bits per heavy atom. The zero-order chi connectivity index (χ0) is 29.9.